The molecule has 1 fully saturated rings. The van der Waals surface area contributed by atoms with Gasteiger partial charge < -0.3 is 10.2 Å². The van der Waals surface area contributed by atoms with E-state index in [1.54, 1.807) is 57.4 Å². The molecule has 186 valence electrons. The van der Waals surface area contributed by atoms with Crippen molar-refractivity contribution in [2.24, 2.45) is 0 Å². The van der Waals surface area contributed by atoms with E-state index in [0.29, 0.717) is 16.7 Å². The molecule has 4 amide bonds. The summed E-state index contributed by atoms with van der Waals surface area (Å²) in [6, 6.07) is 9.54. The van der Waals surface area contributed by atoms with Gasteiger partial charge in [0.2, 0.25) is 11.8 Å². The molecule has 4 rings (SSSR count). The van der Waals surface area contributed by atoms with Crippen molar-refractivity contribution in [2.75, 3.05) is 0 Å². The molecule has 0 radical (unpaired) electrons. The van der Waals surface area contributed by atoms with Crippen molar-refractivity contribution in [1.82, 2.24) is 15.5 Å². The summed E-state index contributed by atoms with van der Waals surface area (Å²) in [5.41, 5.74) is -0.327. The van der Waals surface area contributed by atoms with Gasteiger partial charge in [0.05, 0.1) is 5.44 Å². The molecule has 2 aliphatic rings. The van der Waals surface area contributed by atoms with Crippen molar-refractivity contribution in [1.29, 1.82) is 0 Å². The molecule has 2 aliphatic heterocycles. The molecule has 37 heavy (non-hydrogen) atoms. The standard InChI is InChI=1S/C22H23B5ClF2N3O4/c23-20(24)17(36)32-18(37)21(25,22(20,26)27)33-9-11-7-10(1-6-14(11)15(33)34)8-31-16(35)19(29,30)12-2-4-13(28)5-3-12/h1-7H,8-9,23-27H2,(H,31,35)(H,32,36,37). The normalized spacial score (nSPS) is 22.4. The van der Waals surface area contributed by atoms with Crippen LogP contribution in [0.4, 0.5) is 8.78 Å². The number of amides is 4. The number of benzene rings is 2. The van der Waals surface area contributed by atoms with E-state index < -0.39 is 45.1 Å². The summed E-state index contributed by atoms with van der Waals surface area (Å²) in [5.74, 6) is -6.55. The number of halogens is 3. The van der Waals surface area contributed by atoms with Crippen molar-refractivity contribution < 1.29 is 28.0 Å². The smallest absolute Gasteiger partial charge is 0.346 e. The van der Waals surface area contributed by atoms with Crippen LogP contribution in [0.2, 0.25) is 15.5 Å². The molecule has 2 N–H and O–H groups in total. The Bertz CT molecular complexity index is 1340. The number of carbonyl (C=O) groups excluding carboxylic acids is 4. The minimum Gasteiger partial charge on any atom is -0.346 e. The van der Waals surface area contributed by atoms with Gasteiger partial charge >= 0.3 is 5.92 Å². The zero-order valence-electron chi connectivity index (χ0n) is 21.2. The maximum absolute atomic E-state index is 14.6. The molecule has 0 aromatic heterocycles. The fraction of sp³-hybridized carbons (Fsp3) is 0.273. The van der Waals surface area contributed by atoms with Gasteiger partial charge in [-0.05, 0) is 34.5 Å². The van der Waals surface area contributed by atoms with Crippen LogP contribution in [0.25, 0.3) is 0 Å². The van der Waals surface area contributed by atoms with E-state index in [9.17, 15) is 28.0 Å². The Labute approximate surface area is 222 Å². The third-order valence-corrected chi connectivity index (χ3v) is 8.73. The zero-order chi connectivity index (χ0) is 27.6. The minimum absolute atomic E-state index is 0.0918. The lowest BCUT2D eigenvalue weighted by Crippen LogP contribution is -2.75. The van der Waals surface area contributed by atoms with Gasteiger partial charge in [-0.25, -0.2) is 0 Å². The van der Waals surface area contributed by atoms with Gasteiger partial charge in [-0.15, -0.1) is 0 Å². The van der Waals surface area contributed by atoms with Crippen molar-refractivity contribution in [3.63, 3.8) is 0 Å². The van der Waals surface area contributed by atoms with Crippen LogP contribution in [0, 0.1) is 0 Å². The summed E-state index contributed by atoms with van der Waals surface area (Å²) in [5, 5.41) is 3.08. The monoisotopic (exact) mass is 521 g/mol. The van der Waals surface area contributed by atoms with Crippen molar-refractivity contribution in [3.8, 4) is 0 Å². The fourth-order valence-corrected chi connectivity index (χ4v) is 5.07. The number of piperidine rings is 1. The second kappa shape index (κ2) is 8.79. The lowest BCUT2D eigenvalue weighted by Gasteiger charge is -2.59. The predicted octanol–water partition coefficient (Wildman–Crippen LogP) is -2.55. The maximum atomic E-state index is 14.6. The average molecular weight is 521 g/mol. The summed E-state index contributed by atoms with van der Waals surface area (Å²) in [7, 11) is 8.71. The third kappa shape index (κ3) is 4.00. The number of carbonyl (C=O) groups is 4. The first-order valence-electron chi connectivity index (χ1n) is 11.8. The molecule has 0 bridgehead atoms. The van der Waals surface area contributed by atoms with E-state index in [4.69, 9.17) is 11.6 Å². The Balaban J connectivity index is 1.54. The van der Waals surface area contributed by atoms with Crippen molar-refractivity contribution in [3.05, 3.63) is 69.7 Å². The number of rotatable bonds is 5. The summed E-state index contributed by atoms with van der Waals surface area (Å²) >= 11 is 5.74. The van der Waals surface area contributed by atoms with E-state index in [1.165, 1.54) is 17.0 Å². The summed E-state index contributed by atoms with van der Waals surface area (Å²) < 4.78 is 29.2. The molecule has 0 aliphatic carbocycles. The first-order chi connectivity index (χ1) is 17.0. The van der Waals surface area contributed by atoms with Gasteiger partial charge in [0.25, 0.3) is 11.8 Å². The van der Waals surface area contributed by atoms with Gasteiger partial charge in [-0.2, -0.15) is 8.78 Å². The highest BCUT2D eigenvalue weighted by Crippen LogP contribution is 2.55. The highest BCUT2D eigenvalue weighted by Gasteiger charge is 2.64. The SMILES string of the molecule is BC1(B)C(=O)NC(=O)C(B)(N2Cc3cc(CNC(=O)C(F)(F)c4ccc(Cl)cc4)ccc3C2=O)C1(B)B. The molecule has 0 spiro atoms. The molecule has 2 heterocycles. The molecule has 2 aromatic carbocycles. The van der Waals surface area contributed by atoms with E-state index >= 15 is 0 Å². The first-order valence-corrected chi connectivity index (χ1v) is 12.1. The van der Waals surface area contributed by atoms with E-state index in [0.717, 1.165) is 12.1 Å². The molecule has 1 unspecified atom stereocenters. The van der Waals surface area contributed by atoms with Gasteiger partial charge in [-0.3, -0.25) is 24.5 Å². The number of imide groups is 1. The molecule has 15 heteroatoms. The zero-order valence-corrected chi connectivity index (χ0v) is 21.9. The van der Waals surface area contributed by atoms with E-state index in [1.807, 2.05) is 0 Å². The van der Waals surface area contributed by atoms with Gasteiger partial charge in [-0.1, -0.05) is 41.1 Å². The second-order valence-corrected chi connectivity index (χ2v) is 11.2. The number of nitrogens with one attached hydrogen (secondary N) is 2. The Morgan fingerprint density at radius 2 is 1.65 bits per heavy atom. The predicted molar refractivity (Wildman–Crippen MR) is 147 cm³/mol. The number of hydrogen-bond acceptors (Lipinski definition) is 4. The third-order valence-electron chi connectivity index (χ3n) is 8.47. The molecule has 2 aromatic rings. The molecular formula is C22H23B5ClF2N3O4. The highest BCUT2D eigenvalue weighted by atomic mass is 35.5. The Morgan fingerprint density at radius 1 is 1.03 bits per heavy atom. The summed E-state index contributed by atoms with van der Waals surface area (Å²) in [4.78, 5) is 52.8. The largest absolute Gasteiger partial charge is 0.349 e. The van der Waals surface area contributed by atoms with Crippen LogP contribution in [-0.4, -0.2) is 73.2 Å². The van der Waals surface area contributed by atoms with Crippen LogP contribution in [0.5, 0.6) is 0 Å². The second-order valence-electron chi connectivity index (χ2n) is 10.8. The Morgan fingerprint density at radius 3 is 2.27 bits per heavy atom. The van der Waals surface area contributed by atoms with Gasteiger partial charge in [0, 0.05) is 29.2 Å². The van der Waals surface area contributed by atoms with Crippen LogP contribution >= 0.6 is 11.6 Å². The van der Waals surface area contributed by atoms with E-state index in [2.05, 4.69) is 10.6 Å². The van der Waals surface area contributed by atoms with Crippen LogP contribution in [0.15, 0.2) is 42.5 Å². The molecule has 7 nitrogen and oxygen atoms in total. The van der Waals surface area contributed by atoms with Crippen LogP contribution < -0.4 is 10.6 Å². The molecule has 1 atom stereocenters. The first kappa shape index (κ1) is 27.0. The van der Waals surface area contributed by atoms with E-state index in [-0.39, 0.29) is 24.0 Å². The van der Waals surface area contributed by atoms with Crippen LogP contribution in [-0.2, 0) is 33.4 Å². The Hall–Kier alpha value is -3.01. The number of fused-ring (bicyclic) bond motifs is 1. The summed E-state index contributed by atoms with van der Waals surface area (Å²) in [6.07, 6.45) is 0. The summed E-state index contributed by atoms with van der Waals surface area (Å²) in [6.45, 7) is -0.0945. The molecule has 0 saturated carbocycles. The fourth-order valence-electron chi connectivity index (χ4n) is 4.95. The topological polar surface area (TPSA) is 95.6 Å². The Kier molecular flexibility index (Phi) is 6.42. The van der Waals surface area contributed by atoms with Gasteiger partial charge in [0.15, 0.2) is 0 Å². The lowest BCUT2D eigenvalue weighted by molar-refractivity contribution is -0.147. The molecule has 1 saturated heterocycles. The highest BCUT2D eigenvalue weighted by molar-refractivity contribution is 6.66. The van der Waals surface area contributed by atoms with Gasteiger partial charge in [0.1, 0.15) is 39.2 Å². The minimum atomic E-state index is -3.76. The lowest BCUT2D eigenvalue weighted by atomic mass is 9.21. The van der Waals surface area contributed by atoms with Crippen LogP contribution in [0.3, 0.4) is 0 Å². The van der Waals surface area contributed by atoms with Crippen LogP contribution in [0.1, 0.15) is 27.0 Å². The average Bonchev–Trinajstić information content (AvgIpc) is 3.17. The number of hydrogen-bond donors (Lipinski definition) is 2. The van der Waals surface area contributed by atoms with Crippen molar-refractivity contribution in [2.45, 2.75) is 34.9 Å². The molecular weight excluding hydrogens is 498 g/mol. The maximum Gasteiger partial charge on any atom is 0.349 e. The number of alkyl halides is 2. The number of nitrogens with zero attached hydrogens (tertiary/aromatic N) is 1. The van der Waals surface area contributed by atoms with Crippen molar-refractivity contribution >= 4 is 74.5 Å². The quantitative estimate of drug-likeness (QED) is 0.335.